The lowest BCUT2D eigenvalue weighted by molar-refractivity contribution is -0.274. The molecule has 31 heavy (non-hydrogen) atoms. The number of nitrogens with one attached hydrogen (secondary N) is 1. The Balaban J connectivity index is 0.00000341. The predicted octanol–water partition coefficient (Wildman–Crippen LogP) is 4.66. The number of ether oxygens (including phenoxy) is 2. The van der Waals surface area contributed by atoms with E-state index in [0.29, 0.717) is 24.8 Å². The summed E-state index contributed by atoms with van der Waals surface area (Å²) in [5.41, 5.74) is 7.04. The molecule has 1 fully saturated rings. The molecule has 170 valence electrons. The van der Waals surface area contributed by atoms with Crippen molar-refractivity contribution >= 4 is 47.2 Å². The number of aliphatic imine (C=N–C) groups is 1. The summed E-state index contributed by atoms with van der Waals surface area (Å²) < 4.78 is 47.2. The highest BCUT2D eigenvalue weighted by atomic mass is 127. The van der Waals surface area contributed by atoms with Crippen molar-refractivity contribution in [3.05, 3.63) is 59.1 Å². The van der Waals surface area contributed by atoms with Crippen LogP contribution in [0.2, 0.25) is 5.02 Å². The van der Waals surface area contributed by atoms with Crippen LogP contribution in [-0.4, -0.2) is 50.1 Å². The number of halogens is 5. The van der Waals surface area contributed by atoms with Crippen molar-refractivity contribution in [2.45, 2.75) is 12.4 Å². The molecule has 0 saturated carbocycles. The van der Waals surface area contributed by atoms with Crippen LogP contribution in [0.5, 0.6) is 5.75 Å². The van der Waals surface area contributed by atoms with Gasteiger partial charge >= 0.3 is 6.36 Å². The highest BCUT2D eigenvalue weighted by molar-refractivity contribution is 14.0. The summed E-state index contributed by atoms with van der Waals surface area (Å²) >= 11 is 6.00. The van der Waals surface area contributed by atoms with E-state index < -0.39 is 6.36 Å². The highest BCUT2D eigenvalue weighted by Crippen LogP contribution is 2.30. The van der Waals surface area contributed by atoms with Crippen molar-refractivity contribution in [3.63, 3.8) is 0 Å². The average molecular weight is 571 g/mol. The molecule has 11 heteroatoms. The molecule has 2 aromatic carbocycles. The fraction of sp³-hybridized carbons (Fsp3) is 0.350. The molecule has 1 unspecified atom stereocenters. The summed E-state index contributed by atoms with van der Waals surface area (Å²) in [6.07, 6.45) is -4.81. The van der Waals surface area contributed by atoms with Crippen molar-refractivity contribution in [3.8, 4) is 5.75 Å². The molecule has 0 amide bonds. The quantitative estimate of drug-likeness (QED) is 0.301. The molecule has 2 aromatic rings. The number of hydrogen-bond acceptors (Lipinski definition) is 4. The third kappa shape index (κ3) is 8.02. The normalized spacial score (nSPS) is 16.3. The van der Waals surface area contributed by atoms with Crippen molar-refractivity contribution < 1.29 is 22.6 Å². The molecule has 1 aliphatic rings. The zero-order chi connectivity index (χ0) is 21.6. The second-order valence-corrected chi connectivity index (χ2v) is 7.05. The molecule has 0 bridgehead atoms. The SMILES string of the molecule is I.NC(=NCC(c1ccc(Cl)cc1)N1CCOCC1)Nc1ccccc1OC(F)(F)F. The van der Waals surface area contributed by atoms with E-state index in [2.05, 4.69) is 19.9 Å². The van der Waals surface area contributed by atoms with Gasteiger partial charge in [-0.1, -0.05) is 35.9 Å². The van der Waals surface area contributed by atoms with E-state index >= 15 is 0 Å². The van der Waals surface area contributed by atoms with E-state index in [0.717, 1.165) is 18.7 Å². The first-order chi connectivity index (χ1) is 14.3. The van der Waals surface area contributed by atoms with Gasteiger partial charge in [0.15, 0.2) is 11.7 Å². The molecule has 1 atom stereocenters. The second-order valence-electron chi connectivity index (χ2n) is 6.61. The first kappa shape index (κ1) is 25.5. The number of rotatable bonds is 6. The molecular weight excluding hydrogens is 548 g/mol. The van der Waals surface area contributed by atoms with Gasteiger partial charge in [-0.2, -0.15) is 0 Å². The van der Waals surface area contributed by atoms with Crippen LogP contribution in [0.25, 0.3) is 0 Å². The number of para-hydroxylation sites is 2. The Kier molecular flexibility index (Phi) is 9.66. The Labute approximate surface area is 200 Å². The monoisotopic (exact) mass is 570 g/mol. The Bertz CT molecular complexity index is 862. The Hall–Kier alpha value is -1.76. The van der Waals surface area contributed by atoms with E-state index in [1.54, 1.807) is 18.2 Å². The fourth-order valence-electron chi connectivity index (χ4n) is 3.15. The van der Waals surface area contributed by atoms with E-state index in [1.165, 1.54) is 18.2 Å². The van der Waals surface area contributed by atoms with Crippen LogP contribution in [0.15, 0.2) is 53.5 Å². The van der Waals surface area contributed by atoms with Crippen LogP contribution in [-0.2, 0) is 4.74 Å². The van der Waals surface area contributed by atoms with Crippen LogP contribution in [0.4, 0.5) is 18.9 Å². The van der Waals surface area contributed by atoms with Crippen LogP contribution < -0.4 is 15.8 Å². The maximum atomic E-state index is 12.6. The number of morpholine rings is 1. The minimum atomic E-state index is -4.81. The minimum absolute atomic E-state index is 0. The molecule has 1 heterocycles. The van der Waals surface area contributed by atoms with Crippen LogP contribution >= 0.6 is 35.6 Å². The summed E-state index contributed by atoms with van der Waals surface area (Å²) in [7, 11) is 0. The van der Waals surface area contributed by atoms with Gasteiger partial charge in [0.1, 0.15) is 0 Å². The number of nitrogens with two attached hydrogens (primary N) is 1. The zero-order valence-corrected chi connectivity index (χ0v) is 19.5. The van der Waals surface area contributed by atoms with Gasteiger partial charge in [0.05, 0.1) is 31.5 Å². The smallest absolute Gasteiger partial charge is 0.404 e. The number of benzene rings is 2. The van der Waals surface area contributed by atoms with E-state index in [1.807, 2.05) is 12.1 Å². The predicted molar refractivity (Wildman–Crippen MR) is 125 cm³/mol. The van der Waals surface area contributed by atoms with Gasteiger partial charge in [-0.05, 0) is 29.8 Å². The molecule has 6 nitrogen and oxygen atoms in total. The topological polar surface area (TPSA) is 72.1 Å². The van der Waals surface area contributed by atoms with Crippen molar-refractivity contribution in [2.75, 3.05) is 38.2 Å². The van der Waals surface area contributed by atoms with E-state index in [4.69, 9.17) is 22.1 Å². The molecule has 0 spiro atoms. The van der Waals surface area contributed by atoms with Gasteiger partial charge in [0.2, 0.25) is 0 Å². The lowest BCUT2D eigenvalue weighted by Gasteiger charge is -2.34. The first-order valence-corrected chi connectivity index (χ1v) is 9.68. The van der Waals surface area contributed by atoms with E-state index in [-0.39, 0.29) is 47.4 Å². The van der Waals surface area contributed by atoms with Crippen LogP contribution in [0, 0.1) is 0 Å². The maximum absolute atomic E-state index is 12.6. The molecule has 0 aromatic heterocycles. The zero-order valence-electron chi connectivity index (χ0n) is 16.4. The maximum Gasteiger partial charge on any atom is 0.573 e. The molecule has 0 aliphatic carbocycles. The Morgan fingerprint density at radius 3 is 2.45 bits per heavy atom. The van der Waals surface area contributed by atoms with Gasteiger partial charge in [0, 0.05) is 18.1 Å². The minimum Gasteiger partial charge on any atom is -0.404 e. The second kappa shape index (κ2) is 11.7. The molecule has 0 radical (unpaired) electrons. The molecule has 3 rings (SSSR count). The lowest BCUT2D eigenvalue weighted by atomic mass is 10.0. The number of nitrogens with zero attached hydrogens (tertiary/aromatic N) is 2. The molecule has 1 aliphatic heterocycles. The van der Waals surface area contributed by atoms with Crippen molar-refractivity contribution in [2.24, 2.45) is 10.7 Å². The Morgan fingerprint density at radius 1 is 1.16 bits per heavy atom. The number of anilines is 1. The summed E-state index contributed by atoms with van der Waals surface area (Å²) in [6, 6.07) is 13.0. The summed E-state index contributed by atoms with van der Waals surface area (Å²) in [5, 5.41) is 3.32. The summed E-state index contributed by atoms with van der Waals surface area (Å²) in [4.78, 5) is 6.59. The fourth-order valence-corrected chi connectivity index (χ4v) is 3.28. The van der Waals surface area contributed by atoms with E-state index in [9.17, 15) is 13.2 Å². The number of guanidine groups is 1. The summed E-state index contributed by atoms with van der Waals surface area (Å²) in [6.45, 7) is 3.01. The highest BCUT2D eigenvalue weighted by Gasteiger charge is 2.32. The largest absolute Gasteiger partial charge is 0.573 e. The molecule has 3 N–H and O–H groups in total. The van der Waals surface area contributed by atoms with Gasteiger partial charge in [-0.25, -0.2) is 0 Å². The lowest BCUT2D eigenvalue weighted by Crippen LogP contribution is -2.40. The number of hydrogen-bond donors (Lipinski definition) is 2. The number of alkyl halides is 3. The summed E-state index contributed by atoms with van der Waals surface area (Å²) in [5.74, 6) is -0.397. The average Bonchev–Trinajstić information content (AvgIpc) is 2.71. The van der Waals surface area contributed by atoms with Crippen LogP contribution in [0.3, 0.4) is 0 Å². The Morgan fingerprint density at radius 2 is 1.81 bits per heavy atom. The van der Waals surface area contributed by atoms with Crippen molar-refractivity contribution in [1.82, 2.24) is 4.90 Å². The standard InChI is InChI=1S/C20H22ClF3N4O2.HI/c21-15-7-5-14(6-8-15)17(28-9-11-29-12-10-28)13-26-19(25)27-16-3-1-2-4-18(16)30-20(22,23)24;/h1-8,17H,9-13H2,(H3,25,26,27);1H. The van der Waals surface area contributed by atoms with Gasteiger partial charge in [-0.15, -0.1) is 37.1 Å². The third-order valence-electron chi connectivity index (χ3n) is 4.55. The third-order valence-corrected chi connectivity index (χ3v) is 4.80. The van der Waals surface area contributed by atoms with Gasteiger partial charge < -0.3 is 20.5 Å². The van der Waals surface area contributed by atoms with Crippen molar-refractivity contribution in [1.29, 1.82) is 0 Å². The molecular formula is C20H23ClF3IN4O2. The molecule has 1 saturated heterocycles. The first-order valence-electron chi connectivity index (χ1n) is 9.31. The van der Waals surface area contributed by atoms with Crippen LogP contribution in [0.1, 0.15) is 11.6 Å². The van der Waals surface area contributed by atoms with Gasteiger partial charge in [-0.3, -0.25) is 9.89 Å². The van der Waals surface area contributed by atoms with Gasteiger partial charge in [0.25, 0.3) is 0 Å².